The summed E-state index contributed by atoms with van der Waals surface area (Å²) in [6.07, 6.45) is 4.42. The van der Waals surface area contributed by atoms with E-state index in [0.29, 0.717) is 18.0 Å². The molecule has 1 rings (SSSR count). The molecule has 1 unspecified atom stereocenters. The molecule has 0 aliphatic rings. The maximum atomic E-state index is 12.4. The van der Waals surface area contributed by atoms with E-state index in [1.165, 1.54) is 19.2 Å². The van der Waals surface area contributed by atoms with Crippen LogP contribution in [0.25, 0.3) is 0 Å². The highest BCUT2D eigenvalue weighted by atomic mass is 32.2. The summed E-state index contributed by atoms with van der Waals surface area (Å²) in [5.41, 5.74) is 1.17. The second kappa shape index (κ2) is 9.03. The Morgan fingerprint density at radius 2 is 1.96 bits per heavy atom. The molecule has 0 fully saturated rings. The first-order valence-electron chi connectivity index (χ1n) is 8.18. The van der Waals surface area contributed by atoms with Crippen LogP contribution >= 0.6 is 0 Å². The van der Waals surface area contributed by atoms with E-state index in [0.717, 1.165) is 31.2 Å². The van der Waals surface area contributed by atoms with Crippen molar-refractivity contribution in [3.63, 3.8) is 0 Å². The third-order valence-corrected chi connectivity index (χ3v) is 5.54. The van der Waals surface area contributed by atoms with E-state index in [1.807, 2.05) is 0 Å². The predicted octanol–water partition coefficient (Wildman–Crippen LogP) is 2.85. The Hall–Kier alpha value is -1.40. The lowest BCUT2D eigenvalue weighted by atomic mass is 9.99. The molecular weight excluding hydrogens is 312 g/mol. The predicted molar refractivity (Wildman–Crippen MR) is 93.1 cm³/mol. The quantitative estimate of drug-likeness (QED) is 0.726. The number of rotatable bonds is 9. The van der Waals surface area contributed by atoms with Gasteiger partial charge in [-0.2, -0.15) is 0 Å². The zero-order valence-electron chi connectivity index (χ0n) is 14.5. The number of nitrogens with one attached hydrogen (secondary N) is 2. The molecule has 5 nitrogen and oxygen atoms in total. The van der Waals surface area contributed by atoms with Crippen LogP contribution in [0.2, 0.25) is 0 Å². The molecule has 6 heteroatoms. The van der Waals surface area contributed by atoms with Gasteiger partial charge in [0.1, 0.15) is 0 Å². The Labute approximate surface area is 139 Å². The third-order valence-electron chi connectivity index (χ3n) is 4.13. The highest BCUT2D eigenvalue weighted by Crippen LogP contribution is 2.16. The van der Waals surface area contributed by atoms with Gasteiger partial charge in [0.2, 0.25) is 10.0 Å². The normalized spacial score (nSPS) is 12.9. The summed E-state index contributed by atoms with van der Waals surface area (Å²) in [5.74, 6) is 0.244. The van der Waals surface area contributed by atoms with Crippen LogP contribution < -0.4 is 10.0 Å². The second-order valence-electron chi connectivity index (χ2n) is 5.81. The molecule has 0 aromatic heterocycles. The fraction of sp³-hybridized carbons (Fsp3) is 0.588. The highest BCUT2D eigenvalue weighted by molar-refractivity contribution is 7.89. The summed E-state index contributed by atoms with van der Waals surface area (Å²) >= 11 is 0. The largest absolute Gasteiger partial charge is 0.352 e. The number of benzene rings is 1. The molecule has 0 aliphatic carbocycles. The molecule has 0 saturated carbocycles. The van der Waals surface area contributed by atoms with Crippen LogP contribution in [0, 0.1) is 12.8 Å². The van der Waals surface area contributed by atoms with E-state index in [-0.39, 0.29) is 10.8 Å². The van der Waals surface area contributed by atoms with E-state index >= 15 is 0 Å². The van der Waals surface area contributed by atoms with Crippen molar-refractivity contribution in [3.05, 3.63) is 29.3 Å². The zero-order valence-corrected chi connectivity index (χ0v) is 15.3. The van der Waals surface area contributed by atoms with Gasteiger partial charge in [-0.05, 0) is 44.0 Å². The van der Waals surface area contributed by atoms with Crippen LogP contribution in [-0.4, -0.2) is 27.9 Å². The standard InChI is InChI=1S/C17H28N2O3S/c1-5-7-8-14(6-2)12-19-17(20)16-11-15(10-9-13(16)3)23(21,22)18-4/h9-11,14,18H,5-8,12H2,1-4H3,(H,19,20). The van der Waals surface area contributed by atoms with Crippen molar-refractivity contribution in [1.29, 1.82) is 0 Å². The molecule has 1 aromatic carbocycles. The first-order chi connectivity index (χ1) is 10.9. The molecule has 130 valence electrons. The van der Waals surface area contributed by atoms with E-state index in [2.05, 4.69) is 23.9 Å². The number of hydrogen-bond donors (Lipinski definition) is 2. The zero-order chi connectivity index (χ0) is 17.5. The average Bonchev–Trinajstić information content (AvgIpc) is 2.55. The molecule has 0 spiro atoms. The number of unbranched alkanes of at least 4 members (excludes halogenated alkanes) is 1. The molecule has 0 bridgehead atoms. The fourth-order valence-corrected chi connectivity index (χ4v) is 3.16. The minimum Gasteiger partial charge on any atom is -0.352 e. The van der Waals surface area contributed by atoms with Gasteiger partial charge in [-0.15, -0.1) is 0 Å². The Morgan fingerprint density at radius 1 is 1.26 bits per heavy atom. The van der Waals surface area contributed by atoms with Gasteiger partial charge < -0.3 is 5.32 Å². The van der Waals surface area contributed by atoms with Gasteiger partial charge in [0.05, 0.1) is 4.90 Å². The molecular formula is C17H28N2O3S. The van der Waals surface area contributed by atoms with E-state index in [4.69, 9.17) is 0 Å². The number of carbonyl (C=O) groups excluding carboxylic acids is 1. The number of amides is 1. The molecule has 0 aliphatic heterocycles. The third kappa shape index (κ3) is 5.62. The van der Waals surface area contributed by atoms with Gasteiger partial charge in [0, 0.05) is 12.1 Å². The lowest BCUT2D eigenvalue weighted by Gasteiger charge is -2.16. The number of aryl methyl sites for hydroxylation is 1. The van der Waals surface area contributed by atoms with E-state index in [9.17, 15) is 13.2 Å². The molecule has 1 aromatic rings. The fourth-order valence-electron chi connectivity index (χ4n) is 2.41. The first-order valence-corrected chi connectivity index (χ1v) is 9.66. The smallest absolute Gasteiger partial charge is 0.251 e. The van der Waals surface area contributed by atoms with Gasteiger partial charge in [-0.3, -0.25) is 4.79 Å². The molecule has 2 N–H and O–H groups in total. The van der Waals surface area contributed by atoms with Gasteiger partial charge in [-0.25, -0.2) is 13.1 Å². The summed E-state index contributed by atoms with van der Waals surface area (Å²) in [7, 11) is -2.19. The molecule has 1 amide bonds. The SMILES string of the molecule is CCCCC(CC)CNC(=O)c1cc(S(=O)(=O)NC)ccc1C. The van der Waals surface area contributed by atoms with Crippen molar-refractivity contribution in [2.24, 2.45) is 5.92 Å². The second-order valence-corrected chi connectivity index (χ2v) is 7.70. The Bertz CT molecular complexity index is 627. The van der Waals surface area contributed by atoms with Crippen LogP contribution in [-0.2, 0) is 10.0 Å². The van der Waals surface area contributed by atoms with Gasteiger partial charge in [0.15, 0.2) is 0 Å². The van der Waals surface area contributed by atoms with Crippen LogP contribution in [0.15, 0.2) is 23.1 Å². The Morgan fingerprint density at radius 3 is 2.52 bits per heavy atom. The van der Waals surface area contributed by atoms with Gasteiger partial charge in [-0.1, -0.05) is 39.2 Å². The van der Waals surface area contributed by atoms with Crippen LogP contribution in [0.5, 0.6) is 0 Å². The number of hydrogen-bond acceptors (Lipinski definition) is 3. The monoisotopic (exact) mass is 340 g/mol. The van der Waals surface area contributed by atoms with Crippen LogP contribution in [0.3, 0.4) is 0 Å². The molecule has 0 radical (unpaired) electrons. The Balaban J connectivity index is 2.85. The Kier molecular flexibility index (Phi) is 7.72. The van der Waals surface area contributed by atoms with Crippen molar-refractivity contribution in [3.8, 4) is 0 Å². The number of sulfonamides is 1. The summed E-state index contributed by atoms with van der Waals surface area (Å²) in [4.78, 5) is 12.5. The van der Waals surface area contributed by atoms with Crippen molar-refractivity contribution in [2.75, 3.05) is 13.6 Å². The minimum absolute atomic E-state index is 0.105. The lowest BCUT2D eigenvalue weighted by Crippen LogP contribution is -2.30. The van der Waals surface area contributed by atoms with Gasteiger partial charge in [0.25, 0.3) is 5.91 Å². The maximum absolute atomic E-state index is 12.4. The van der Waals surface area contributed by atoms with Crippen molar-refractivity contribution in [1.82, 2.24) is 10.0 Å². The molecule has 0 saturated heterocycles. The minimum atomic E-state index is -3.55. The summed E-state index contributed by atoms with van der Waals surface area (Å²) in [6.45, 7) is 6.71. The van der Waals surface area contributed by atoms with Crippen molar-refractivity contribution in [2.45, 2.75) is 51.3 Å². The highest BCUT2D eigenvalue weighted by Gasteiger charge is 2.17. The molecule has 23 heavy (non-hydrogen) atoms. The average molecular weight is 340 g/mol. The van der Waals surface area contributed by atoms with Crippen molar-refractivity contribution >= 4 is 15.9 Å². The van der Waals surface area contributed by atoms with E-state index < -0.39 is 10.0 Å². The van der Waals surface area contributed by atoms with Gasteiger partial charge >= 0.3 is 0 Å². The topological polar surface area (TPSA) is 75.3 Å². The summed E-state index contributed by atoms with van der Waals surface area (Å²) in [6, 6.07) is 4.60. The van der Waals surface area contributed by atoms with Crippen LogP contribution in [0.4, 0.5) is 0 Å². The molecule has 1 atom stereocenters. The maximum Gasteiger partial charge on any atom is 0.251 e. The molecule has 0 heterocycles. The first kappa shape index (κ1) is 19.6. The lowest BCUT2D eigenvalue weighted by molar-refractivity contribution is 0.0945. The van der Waals surface area contributed by atoms with Crippen LogP contribution in [0.1, 0.15) is 55.5 Å². The summed E-state index contributed by atoms with van der Waals surface area (Å²) < 4.78 is 26.0. The van der Waals surface area contributed by atoms with Crippen molar-refractivity contribution < 1.29 is 13.2 Å². The number of carbonyl (C=O) groups is 1. The summed E-state index contributed by atoms with van der Waals surface area (Å²) in [5, 5.41) is 2.94. The van der Waals surface area contributed by atoms with E-state index in [1.54, 1.807) is 13.0 Å².